The Morgan fingerprint density at radius 3 is 2.79 bits per heavy atom. The summed E-state index contributed by atoms with van der Waals surface area (Å²) in [5.41, 5.74) is 2.41. The fourth-order valence-corrected chi connectivity index (χ4v) is 1.99. The molecule has 0 spiro atoms. The maximum Gasteiger partial charge on any atom is 0.131 e. The molecule has 3 nitrogen and oxygen atoms in total. The summed E-state index contributed by atoms with van der Waals surface area (Å²) in [6.07, 6.45) is 4.65. The molecule has 0 unspecified atom stereocenters. The Balaban J connectivity index is 2.14. The molecule has 0 saturated carbocycles. The smallest absolute Gasteiger partial charge is 0.131 e. The van der Waals surface area contributed by atoms with E-state index in [4.69, 9.17) is 0 Å². The first-order chi connectivity index (χ1) is 9.24. The van der Waals surface area contributed by atoms with Gasteiger partial charge in [0.2, 0.25) is 0 Å². The van der Waals surface area contributed by atoms with Gasteiger partial charge in [0.1, 0.15) is 5.82 Å². The van der Waals surface area contributed by atoms with E-state index in [1.54, 1.807) is 16.9 Å². The molecule has 0 aliphatic carbocycles. The van der Waals surface area contributed by atoms with Crippen LogP contribution >= 0.6 is 0 Å². The van der Waals surface area contributed by atoms with Crippen LogP contribution < -0.4 is 5.32 Å². The average molecular weight is 261 g/mol. The molecule has 2 rings (SSSR count). The molecular weight excluding hydrogens is 241 g/mol. The summed E-state index contributed by atoms with van der Waals surface area (Å²) in [7, 11) is 0. The van der Waals surface area contributed by atoms with Gasteiger partial charge in [-0.25, -0.2) is 4.39 Å². The van der Waals surface area contributed by atoms with Crippen LogP contribution in [0, 0.1) is 5.82 Å². The van der Waals surface area contributed by atoms with Crippen molar-refractivity contribution in [2.75, 3.05) is 6.54 Å². The molecule has 1 heterocycles. The van der Waals surface area contributed by atoms with Crippen molar-refractivity contribution in [1.82, 2.24) is 15.1 Å². The molecule has 0 atom stereocenters. The minimum absolute atomic E-state index is 0.188. The molecule has 1 aromatic heterocycles. The van der Waals surface area contributed by atoms with Gasteiger partial charge in [0.05, 0.1) is 6.20 Å². The van der Waals surface area contributed by atoms with E-state index in [0.29, 0.717) is 12.1 Å². The van der Waals surface area contributed by atoms with E-state index in [0.717, 1.165) is 30.6 Å². The lowest BCUT2D eigenvalue weighted by Crippen LogP contribution is -2.13. The SMILES string of the molecule is CCCNCc1ccc(-c2cnn(CC)c2)c(F)c1. The summed E-state index contributed by atoms with van der Waals surface area (Å²) < 4.78 is 15.9. The van der Waals surface area contributed by atoms with Crippen molar-refractivity contribution in [2.24, 2.45) is 0 Å². The Labute approximate surface area is 113 Å². The highest BCUT2D eigenvalue weighted by Gasteiger charge is 2.08. The van der Waals surface area contributed by atoms with Crippen LogP contribution in [0.2, 0.25) is 0 Å². The lowest BCUT2D eigenvalue weighted by molar-refractivity contribution is 0.622. The fourth-order valence-electron chi connectivity index (χ4n) is 1.99. The first-order valence-electron chi connectivity index (χ1n) is 6.76. The van der Waals surface area contributed by atoms with Crippen molar-refractivity contribution in [2.45, 2.75) is 33.4 Å². The molecule has 1 N–H and O–H groups in total. The second-order valence-corrected chi connectivity index (χ2v) is 4.58. The molecule has 19 heavy (non-hydrogen) atoms. The number of halogens is 1. The Morgan fingerprint density at radius 1 is 1.32 bits per heavy atom. The molecular formula is C15H20FN3. The van der Waals surface area contributed by atoms with Crippen LogP contribution in [0.15, 0.2) is 30.6 Å². The summed E-state index contributed by atoms with van der Waals surface area (Å²) >= 11 is 0. The lowest BCUT2D eigenvalue weighted by atomic mass is 10.1. The van der Waals surface area contributed by atoms with E-state index in [1.165, 1.54) is 0 Å². The van der Waals surface area contributed by atoms with Crippen LogP contribution in [-0.2, 0) is 13.1 Å². The van der Waals surface area contributed by atoms with Crippen molar-refractivity contribution in [3.05, 3.63) is 42.0 Å². The second kappa shape index (κ2) is 6.48. The number of aryl methyl sites for hydroxylation is 1. The monoisotopic (exact) mass is 261 g/mol. The average Bonchev–Trinajstić information content (AvgIpc) is 2.88. The molecule has 2 aromatic rings. The maximum absolute atomic E-state index is 14.1. The molecule has 0 aliphatic heterocycles. The molecule has 1 aromatic carbocycles. The Bertz CT molecular complexity index is 534. The van der Waals surface area contributed by atoms with E-state index in [1.807, 2.05) is 25.3 Å². The summed E-state index contributed by atoms with van der Waals surface area (Å²) in [6, 6.07) is 5.39. The number of hydrogen-bond acceptors (Lipinski definition) is 2. The van der Waals surface area contributed by atoms with Crippen molar-refractivity contribution in [3.63, 3.8) is 0 Å². The van der Waals surface area contributed by atoms with Gasteiger partial charge >= 0.3 is 0 Å². The number of rotatable bonds is 6. The Kier molecular flexibility index (Phi) is 4.68. The van der Waals surface area contributed by atoms with Crippen LogP contribution in [0.25, 0.3) is 11.1 Å². The van der Waals surface area contributed by atoms with Crippen molar-refractivity contribution >= 4 is 0 Å². The predicted octanol–water partition coefficient (Wildman–Crippen LogP) is 3.21. The molecule has 0 bridgehead atoms. The third kappa shape index (κ3) is 3.41. The topological polar surface area (TPSA) is 29.9 Å². The third-order valence-electron chi connectivity index (χ3n) is 3.06. The van der Waals surface area contributed by atoms with Gasteiger partial charge in [0.25, 0.3) is 0 Å². The van der Waals surface area contributed by atoms with E-state index >= 15 is 0 Å². The predicted molar refractivity (Wildman–Crippen MR) is 75.3 cm³/mol. The van der Waals surface area contributed by atoms with Gasteiger partial charge in [-0.05, 0) is 31.5 Å². The van der Waals surface area contributed by atoms with Gasteiger partial charge in [0.15, 0.2) is 0 Å². The number of aromatic nitrogens is 2. The fraction of sp³-hybridized carbons (Fsp3) is 0.400. The van der Waals surface area contributed by atoms with Gasteiger partial charge < -0.3 is 5.32 Å². The van der Waals surface area contributed by atoms with E-state index in [9.17, 15) is 4.39 Å². The number of nitrogens with one attached hydrogen (secondary N) is 1. The first-order valence-corrected chi connectivity index (χ1v) is 6.76. The van der Waals surface area contributed by atoms with E-state index < -0.39 is 0 Å². The third-order valence-corrected chi connectivity index (χ3v) is 3.06. The highest BCUT2D eigenvalue weighted by atomic mass is 19.1. The summed E-state index contributed by atoms with van der Waals surface area (Å²) in [5, 5.41) is 7.44. The zero-order valence-electron chi connectivity index (χ0n) is 11.5. The number of nitrogens with zero attached hydrogens (tertiary/aromatic N) is 2. The van der Waals surface area contributed by atoms with Gasteiger partial charge in [0, 0.05) is 30.4 Å². The molecule has 0 amide bonds. The molecule has 102 valence electrons. The highest BCUT2D eigenvalue weighted by molar-refractivity contribution is 5.62. The minimum Gasteiger partial charge on any atom is -0.313 e. The quantitative estimate of drug-likeness (QED) is 0.809. The van der Waals surface area contributed by atoms with Crippen molar-refractivity contribution in [1.29, 1.82) is 0 Å². The molecule has 0 radical (unpaired) electrons. The van der Waals surface area contributed by atoms with Crippen LogP contribution in [0.4, 0.5) is 4.39 Å². The van der Waals surface area contributed by atoms with Gasteiger partial charge in [-0.2, -0.15) is 5.10 Å². The largest absolute Gasteiger partial charge is 0.313 e. The molecule has 0 aliphatic rings. The van der Waals surface area contributed by atoms with Gasteiger partial charge in [-0.15, -0.1) is 0 Å². The van der Waals surface area contributed by atoms with Crippen LogP contribution in [0.5, 0.6) is 0 Å². The van der Waals surface area contributed by atoms with E-state index in [-0.39, 0.29) is 5.82 Å². The summed E-state index contributed by atoms with van der Waals surface area (Å²) in [5.74, 6) is -0.188. The zero-order chi connectivity index (χ0) is 13.7. The zero-order valence-corrected chi connectivity index (χ0v) is 11.5. The van der Waals surface area contributed by atoms with Crippen molar-refractivity contribution < 1.29 is 4.39 Å². The van der Waals surface area contributed by atoms with Crippen molar-refractivity contribution in [3.8, 4) is 11.1 Å². The first kappa shape index (κ1) is 13.7. The maximum atomic E-state index is 14.1. The number of benzene rings is 1. The molecule has 0 fully saturated rings. The summed E-state index contributed by atoms with van der Waals surface area (Å²) in [6.45, 7) is 6.57. The lowest BCUT2D eigenvalue weighted by Gasteiger charge is -2.06. The Hall–Kier alpha value is -1.68. The standard InChI is InChI=1S/C15H20FN3/c1-3-7-17-9-12-5-6-14(15(16)8-12)13-10-18-19(4-2)11-13/h5-6,8,10-11,17H,3-4,7,9H2,1-2H3. The number of hydrogen-bond donors (Lipinski definition) is 1. The molecule has 4 heteroatoms. The van der Waals surface area contributed by atoms with Crippen LogP contribution in [-0.4, -0.2) is 16.3 Å². The van der Waals surface area contributed by atoms with Crippen LogP contribution in [0.3, 0.4) is 0 Å². The second-order valence-electron chi connectivity index (χ2n) is 4.58. The minimum atomic E-state index is -0.188. The Morgan fingerprint density at radius 2 is 2.16 bits per heavy atom. The van der Waals surface area contributed by atoms with Gasteiger partial charge in [-0.3, -0.25) is 4.68 Å². The normalized spacial score (nSPS) is 10.9. The highest BCUT2D eigenvalue weighted by Crippen LogP contribution is 2.23. The van der Waals surface area contributed by atoms with Crippen LogP contribution in [0.1, 0.15) is 25.8 Å². The van der Waals surface area contributed by atoms with E-state index in [2.05, 4.69) is 17.3 Å². The molecule has 0 saturated heterocycles. The summed E-state index contributed by atoms with van der Waals surface area (Å²) in [4.78, 5) is 0. The van der Waals surface area contributed by atoms with Gasteiger partial charge in [-0.1, -0.05) is 19.1 Å².